The Bertz CT molecular complexity index is 820. The zero-order valence-electron chi connectivity index (χ0n) is 13.4. The van der Waals surface area contributed by atoms with Gasteiger partial charge in [0.2, 0.25) is 15.9 Å². The van der Waals surface area contributed by atoms with Crippen molar-refractivity contribution in [3.05, 3.63) is 59.9 Å². The van der Waals surface area contributed by atoms with Gasteiger partial charge in [-0.15, -0.1) is 0 Å². The first-order valence-electron chi connectivity index (χ1n) is 7.39. The summed E-state index contributed by atoms with van der Waals surface area (Å²) in [5.41, 5.74) is 1.79. The van der Waals surface area contributed by atoms with Crippen molar-refractivity contribution in [1.29, 1.82) is 0 Å². The maximum absolute atomic E-state index is 13.1. The molecule has 0 aromatic heterocycles. The number of amides is 1. The topological polar surface area (TPSA) is 75.3 Å². The summed E-state index contributed by atoms with van der Waals surface area (Å²) in [4.78, 5) is 12.1. The molecule has 0 aliphatic rings. The predicted octanol–water partition coefficient (Wildman–Crippen LogP) is 3.15. The lowest BCUT2D eigenvalue weighted by Gasteiger charge is -2.14. The largest absolute Gasteiger partial charge is 0.326 e. The maximum Gasteiger partial charge on any atom is 0.233 e. The first kappa shape index (κ1) is 17.9. The minimum Gasteiger partial charge on any atom is -0.326 e. The highest BCUT2D eigenvalue weighted by molar-refractivity contribution is 7.92. The van der Waals surface area contributed by atoms with Gasteiger partial charge in [-0.3, -0.25) is 9.52 Å². The van der Waals surface area contributed by atoms with Gasteiger partial charge in [-0.1, -0.05) is 30.7 Å². The molecule has 0 radical (unpaired) electrons. The third-order valence-corrected chi connectivity index (χ3v) is 4.82. The van der Waals surface area contributed by atoms with Gasteiger partial charge in [0.1, 0.15) is 5.82 Å². The molecule has 2 rings (SSSR count). The van der Waals surface area contributed by atoms with Crippen LogP contribution in [0.2, 0.25) is 0 Å². The van der Waals surface area contributed by atoms with Gasteiger partial charge in [0.05, 0.1) is 17.4 Å². The Hall–Kier alpha value is -2.41. The van der Waals surface area contributed by atoms with Crippen LogP contribution in [0.1, 0.15) is 12.5 Å². The minimum atomic E-state index is -3.77. The maximum atomic E-state index is 13.1. The first-order valence-corrected chi connectivity index (χ1v) is 9.04. The normalized spacial score (nSPS) is 12.5. The molecule has 0 saturated heterocycles. The Morgan fingerprint density at radius 1 is 1.12 bits per heavy atom. The van der Waals surface area contributed by atoms with Crippen molar-refractivity contribution in [2.24, 2.45) is 5.92 Å². The van der Waals surface area contributed by atoms with E-state index in [0.717, 1.165) is 11.6 Å². The lowest BCUT2D eigenvalue weighted by atomic mass is 10.2. The van der Waals surface area contributed by atoms with E-state index >= 15 is 0 Å². The van der Waals surface area contributed by atoms with Gasteiger partial charge in [-0.25, -0.2) is 12.8 Å². The van der Waals surface area contributed by atoms with Crippen LogP contribution in [0.25, 0.3) is 0 Å². The van der Waals surface area contributed by atoms with Gasteiger partial charge in [-0.2, -0.15) is 0 Å². The average Bonchev–Trinajstić information content (AvgIpc) is 2.48. The van der Waals surface area contributed by atoms with Gasteiger partial charge >= 0.3 is 0 Å². The Kier molecular flexibility index (Phi) is 5.56. The highest BCUT2D eigenvalue weighted by Gasteiger charge is 2.22. The fraction of sp³-hybridized carbons (Fsp3) is 0.235. The number of halogens is 1. The molecule has 0 saturated carbocycles. The second-order valence-electron chi connectivity index (χ2n) is 5.65. The summed E-state index contributed by atoms with van der Waals surface area (Å²) in [7, 11) is -3.77. The SMILES string of the molecule is Cc1ccc(NC(=O)C(C)CS(=O)(=O)Nc2cccc(F)c2)cc1. The molecule has 7 heteroatoms. The van der Waals surface area contributed by atoms with E-state index in [2.05, 4.69) is 10.0 Å². The number of benzene rings is 2. The molecule has 24 heavy (non-hydrogen) atoms. The van der Waals surface area contributed by atoms with E-state index in [-0.39, 0.29) is 5.69 Å². The van der Waals surface area contributed by atoms with E-state index in [1.807, 2.05) is 19.1 Å². The standard InChI is InChI=1S/C17H19FN2O3S/c1-12-6-8-15(9-7-12)19-17(21)13(2)11-24(22,23)20-16-5-3-4-14(18)10-16/h3-10,13,20H,11H2,1-2H3,(H,19,21). The summed E-state index contributed by atoms with van der Waals surface area (Å²) in [6, 6.07) is 12.3. The van der Waals surface area contributed by atoms with Crippen molar-refractivity contribution in [2.45, 2.75) is 13.8 Å². The smallest absolute Gasteiger partial charge is 0.233 e. The lowest BCUT2D eigenvalue weighted by Crippen LogP contribution is -2.29. The van der Waals surface area contributed by atoms with Crippen molar-refractivity contribution < 1.29 is 17.6 Å². The first-order chi connectivity index (χ1) is 11.2. The molecule has 0 aliphatic heterocycles. The van der Waals surface area contributed by atoms with E-state index in [1.165, 1.54) is 25.1 Å². The van der Waals surface area contributed by atoms with Crippen LogP contribution < -0.4 is 10.0 Å². The van der Waals surface area contributed by atoms with E-state index in [9.17, 15) is 17.6 Å². The van der Waals surface area contributed by atoms with E-state index < -0.39 is 33.4 Å². The second-order valence-corrected chi connectivity index (χ2v) is 7.42. The van der Waals surface area contributed by atoms with Gasteiger partial charge in [0, 0.05) is 5.69 Å². The molecule has 1 amide bonds. The zero-order chi connectivity index (χ0) is 17.7. The Morgan fingerprint density at radius 2 is 1.79 bits per heavy atom. The van der Waals surface area contributed by atoms with Crippen LogP contribution in [0.3, 0.4) is 0 Å². The summed E-state index contributed by atoms with van der Waals surface area (Å²) < 4.78 is 39.6. The zero-order valence-corrected chi connectivity index (χ0v) is 14.2. The molecule has 5 nitrogen and oxygen atoms in total. The van der Waals surface area contributed by atoms with Gasteiger partial charge in [0.25, 0.3) is 0 Å². The number of aryl methyl sites for hydroxylation is 1. The summed E-state index contributed by atoms with van der Waals surface area (Å²) in [6.45, 7) is 3.45. The molecule has 2 aromatic carbocycles. The molecule has 0 heterocycles. The Balaban J connectivity index is 1.97. The number of carbonyl (C=O) groups is 1. The molecule has 0 aliphatic carbocycles. The molecule has 128 valence electrons. The third-order valence-electron chi connectivity index (χ3n) is 3.33. The monoisotopic (exact) mass is 350 g/mol. The number of rotatable bonds is 6. The molecular weight excluding hydrogens is 331 g/mol. The van der Waals surface area contributed by atoms with Crippen molar-refractivity contribution in [3.63, 3.8) is 0 Å². The van der Waals surface area contributed by atoms with Crippen molar-refractivity contribution in [1.82, 2.24) is 0 Å². The fourth-order valence-electron chi connectivity index (χ4n) is 2.08. The van der Waals surface area contributed by atoms with Crippen LogP contribution in [0, 0.1) is 18.7 Å². The van der Waals surface area contributed by atoms with Crippen LogP contribution >= 0.6 is 0 Å². The van der Waals surface area contributed by atoms with Crippen LogP contribution in [0.5, 0.6) is 0 Å². The Morgan fingerprint density at radius 3 is 2.42 bits per heavy atom. The van der Waals surface area contributed by atoms with Crippen molar-refractivity contribution in [2.75, 3.05) is 15.8 Å². The van der Waals surface area contributed by atoms with Gasteiger partial charge < -0.3 is 5.32 Å². The minimum absolute atomic E-state index is 0.126. The summed E-state index contributed by atoms with van der Waals surface area (Å²) in [6.07, 6.45) is 0. The fourth-order valence-corrected chi connectivity index (χ4v) is 3.46. The number of nitrogens with one attached hydrogen (secondary N) is 2. The predicted molar refractivity (Wildman–Crippen MR) is 92.8 cm³/mol. The molecule has 1 atom stereocenters. The number of carbonyl (C=O) groups excluding carboxylic acids is 1. The summed E-state index contributed by atoms with van der Waals surface area (Å²) in [5.74, 6) is -2.11. The number of hydrogen-bond donors (Lipinski definition) is 2. The van der Waals surface area contributed by atoms with Crippen molar-refractivity contribution in [3.8, 4) is 0 Å². The molecule has 0 fully saturated rings. The second kappa shape index (κ2) is 7.44. The van der Waals surface area contributed by atoms with E-state index in [1.54, 1.807) is 12.1 Å². The summed E-state index contributed by atoms with van der Waals surface area (Å²) in [5, 5.41) is 2.67. The molecule has 0 spiro atoms. The number of sulfonamides is 1. The number of hydrogen-bond acceptors (Lipinski definition) is 3. The quantitative estimate of drug-likeness (QED) is 0.840. The van der Waals surface area contributed by atoms with Crippen LogP contribution in [0.15, 0.2) is 48.5 Å². The van der Waals surface area contributed by atoms with E-state index in [4.69, 9.17) is 0 Å². The highest BCUT2D eigenvalue weighted by Crippen LogP contribution is 2.14. The average molecular weight is 350 g/mol. The van der Waals surface area contributed by atoms with Gasteiger partial charge in [-0.05, 0) is 37.3 Å². The third kappa shape index (κ3) is 5.34. The van der Waals surface area contributed by atoms with E-state index in [0.29, 0.717) is 5.69 Å². The number of anilines is 2. The van der Waals surface area contributed by atoms with Crippen LogP contribution in [-0.2, 0) is 14.8 Å². The molecule has 2 aromatic rings. The molecule has 1 unspecified atom stereocenters. The molecular formula is C17H19FN2O3S. The lowest BCUT2D eigenvalue weighted by molar-refractivity contribution is -0.118. The van der Waals surface area contributed by atoms with Crippen LogP contribution in [-0.4, -0.2) is 20.1 Å². The Labute approximate surface area is 141 Å². The highest BCUT2D eigenvalue weighted by atomic mass is 32.2. The van der Waals surface area contributed by atoms with Crippen molar-refractivity contribution >= 4 is 27.3 Å². The van der Waals surface area contributed by atoms with Gasteiger partial charge in [0.15, 0.2) is 0 Å². The summed E-state index contributed by atoms with van der Waals surface area (Å²) >= 11 is 0. The van der Waals surface area contributed by atoms with Crippen LogP contribution in [0.4, 0.5) is 15.8 Å². The molecule has 2 N–H and O–H groups in total. The molecule has 0 bridgehead atoms.